The van der Waals surface area contributed by atoms with Crippen LogP contribution in [0.3, 0.4) is 0 Å². The molecular weight excluding hydrogens is 431 g/mol. The minimum atomic E-state index is -4.40. The largest absolute Gasteiger partial charge is 0.416 e. The molecule has 3 aromatic rings. The van der Waals surface area contributed by atoms with Crippen LogP contribution in [-0.2, 0) is 17.3 Å². The van der Waals surface area contributed by atoms with Crippen LogP contribution >= 0.6 is 23.1 Å². The number of nitrogens with zero attached hydrogens (tertiary/aromatic N) is 2. The summed E-state index contributed by atoms with van der Waals surface area (Å²) >= 11 is 2.27. The summed E-state index contributed by atoms with van der Waals surface area (Å²) in [4.78, 5) is 12.4. The Kier molecular flexibility index (Phi) is 6.52. The first-order chi connectivity index (χ1) is 14.0. The van der Waals surface area contributed by atoms with Gasteiger partial charge in [0.1, 0.15) is 0 Å². The van der Waals surface area contributed by atoms with Crippen molar-refractivity contribution in [3.63, 3.8) is 0 Å². The average molecular weight is 452 g/mol. The van der Waals surface area contributed by atoms with Crippen LogP contribution in [0.4, 0.5) is 18.3 Å². The number of nitrogens with one attached hydrogen (secondary N) is 1. The molecule has 1 heterocycles. The number of thioether (sulfide) groups is 1. The summed E-state index contributed by atoms with van der Waals surface area (Å²) in [6.07, 6.45) is -4.40. The third-order valence-electron chi connectivity index (χ3n) is 4.31. The maximum atomic E-state index is 13.1. The molecule has 0 aliphatic heterocycles. The fourth-order valence-corrected chi connectivity index (χ4v) is 4.42. The second-order valence-corrected chi connectivity index (χ2v) is 9.80. The van der Waals surface area contributed by atoms with Gasteiger partial charge in [-0.3, -0.25) is 10.1 Å². The third kappa shape index (κ3) is 5.60. The van der Waals surface area contributed by atoms with E-state index in [0.717, 1.165) is 34.7 Å². The molecule has 9 heteroatoms. The molecule has 0 saturated heterocycles. The molecule has 0 saturated carbocycles. The summed E-state index contributed by atoms with van der Waals surface area (Å²) in [6, 6.07) is 12.8. The number of anilines is 1. The van der Waals surface area contributed by atoms with Gasteiger partial charge < -0.3 is 0 Å². The van der Waals surface area contributed by atoms with Crippen molar-refractivity contribution in [1.82, 2.24) is 10.2 Å². The first-order valence-corrected chi connectivity index (χ1v) is 10.9. The van der Waals surface area contributed by atoms with Gasteiger partial charge in [-0.25, -0.2) is 0 Å². The Balaban J connectivity index is 1.63. The minimum absolute atomic E-state index is 0.00884. The topological polar surface area (TPSA) is 54.9 Å². The van der Waals surface area contributed by atoms with E-state index in [9.17, 15) is 18.0 Å². The van der Waals surface area contributed by atoms with Gasteiger partial charge in [-0.15, -0.1) is 10.2 Å². The molecule has 0 fully saturated rings. The van der Waals surface area contributed by atoms with Crippen molar-refractivity contribution in [1.29, 1.82) is 0 Å². The molecule has 3 rings (SSSR count). The predicted octanol–water partition coefficient (Wildman–Crippen LogP) is 6.40. The van der Waals surface area contributed by atoms with Gasteiger partial charge in [0.15, 0.2) is 4.34 Å². The first kappa shape index (κ1) is 22.3. The van der Waals surface area contributed by atoms with Crippen LogP contribution in [0, 0.1) is 0 Å². The van der Waals surface area contributed by atoms with E-state index in [1.54, 1.807) is 18.2 Å². The molecule has 0 radical (unpaired) electrons. The quantitative estimate of drug-likeness (QED) is 0.360. The number of halogens is 3. The lowest BCUT2D eigenvalue weighted by molar-refractivity contribution is -0.138. The summed E-state index contributed by atoms with van der Waals surface area (Å²) in [6.45, 7) is 6.28. The number of hydrogen-bond acceptors (Lipinski definition) is 5. The maximum absolute atomic E-state index is 13.1. The Labute approximate surface area is 180 Å². The van der Waals surface area contributed by atoms with Crippen molar-refractivity contribution >= 4 is 34.1 Å². The summed E-state index contributed by atoms with van der Waals surface area (Å²) in [5.74, 6) is -0.211. The normalized spacial score (nSPS) is 12.1. The Bertz CT molecular complexity index is 1020. The van der Waals surface area contributed by atoms with E-state index >= 15 is 0 Å². The van der Waals surface area contributed by atoms with Crippen LogP contribution in [0.2, 0.25) is 0 Å². The lowest BCUT2D eigenvalue weighted by atomic mass is 9.87. The van der Waals surface area contributed by atoms with E-state index in [2.05, 4.69) is 36.3 Å². The minimum Gasteiger partial charge on any atom is -0.296 e. The van der Waals surface area contributed by atoms with Gasteiger partial charge in [-0.2, -0.15) is 13.2 Å². The predicted molar refractivity (Wildman–Crippen MR) is 114 cm³/mol. The van der Waals surface area contributed by atoms with E-state index in [0.29, 0.717) is 15.0 Å². The highest BCUT2D eigenvalue weighted by Crippen LogP contribution is 2.35. The van der Waals surface area contributed by atoms with E-state index in [-0.39, 0.29) is 22.6 Å². The Morgan fingerprint density at radius 1 is 1.03 bits per heavy atom. The third-order valence-corrected chi connectivity index (χ3v) is 6.33. The van der Waals surface area contributed by atoms with E-state index < -0.39 is 11.7 Å². The molecule has 0 aliphatic rings. The van der Waals surface area contributed by atoms with Crippen molar-refractivity contribution in [3.8, 4) is 0 Å². The fraction of sp³-hybridized carbons (Fsp3) is 0.286. The molecule has 0 unspecified atom stereocenters. The molecule has 1 aromatic heterocycles. The summed E-state index contributed by atoms with van der Waals surface area (Å²) in [5.41, 5.74) is 1.12. The molecule has 2 aromatic carbocycles. The average Bonchev–Trinajstić information content (AvgIpc) is 3.12. The molecule has 0 bridgehead atoms. The number of amides is 1. The van der Waals surface area contributed by atoms with Crippen molar-refractivity contribution < 1.29 is 18.0 Å². The molecular formula is C21H20F3N3OS2. The van der Waals surface area contributed by atoms with Crippen LogP contribution < -0.4 is 5.32 Å². The van der Waals surface area contributed by atoms with Crippen LogP contribution in [0.25, 0.3) is 0 Å². The van der Waals surface area contributed by atoms with Crippen molar-refractivity contribution in [2.75, 3.05) is 5.32 Å². The Hall–Kier alpha value is -2.39. The highest BCUT2D eigenvalue weighted by atomic mass is 32.2. The van der Waals surface area contributed by atoms with Gasteiger partial charge in [0.05, 0.1) is 5.56 Å². The lowest BCUT2D eigenvalue weighted by Gasteiger charge is -2.18. The second-order valence-electron chi connectivity index (χ2n) is 7.60. The molecule has 0 atom stereocenters. The second kappa shape index (κ2) is 8.77. The first-order valence-electron chi connectivity index (χ1n) is 9.07. The van der Waals surface area contributed by atoms with E-state index in [4.69, 9.17) is 0 Å². The number of carbonyl (C=O) groups is 1. The van der Waals surface area contributed by atoms with E-state index in [1.165, 1.54) is 12.1 Å². The molecule has 0 aliphatic carbocycles. The number of benzene rings is 2. The molecule has 158 valence electrons. The van der Waals surface area contributed by atoms with Crippen LogP contribution in [0.1, 0.15) is 47.8 Å². The Morgan fingerprint density at radius 2 is 1.70 bits per heavy atom. The monoisotopic (exact) mass is 451 g/mol. The molecule has 1 amide bonds. The highest BCUT2D eigenvalue weighted by Gasteiger charge is 2.32. The zero-order valence-electron chi connectivity index (χ0n) is 16.6. The van der Waals surface area contributed by atoms with Gasteiger partial charge in [0.2, 0.25) is 5.13 Å². The molecule has 4 nitrogen and oxygen atoms in total. The summed E-state index contributed by atoms with van der Waals surface area (Å²) in [5, 5.41) is 10.8. The zero-order valence-corrected chi connectivity index (χ0v) is 18.2. The van der Waals surface area contributed by atoms with Crippen LogP contribution in [-0.4, -0.2) is 16.1 Å². The lowest BCUT2D eigenvalue weighted by Crippen LogP contribution is -2.14. The van der Waals surface area contributed by atoms with Gasteiger partial charge in [0.25, 0.3) is 5.91 Å². The van der Waals surface area contributed by atoms with Crippen LogP contribution in [0.15, 0.2) is 52.9 Å². The van der Waals surface area contributed by atoms with Crippen LogP contribution in [0.5, 0.6) is 0 Å². The molecule has 30 heavy (non-hydrogen) atoms. The van der Waals surface area contributed by atoms with Crippen molar-refractivity contribution in [2.24, 2.45) is 0 Å². The zero-order chi connectivity index (χ0) is 21.9. The standard InChI is InChI=1S/C21H20F3N3OS2/c1-20(2,3)15-10-8-13(9-11-15)17(28)25-18-26-27-19(30-18)29-12-14-6-4-5-7-16(14)21(22,23)24/h4-11H,12H2,1-3H3,(H,25,26,28). The van der Waals surface area contributed by atoms with Crippen molar-refractivity contribution in [3.05, 3.63) is 70.8 Å². The van der Waals surface area contributed by atoms with Gasteiger partial charge in [-0.05, 0) is 34.7 Å². The summed E-state index contributed by atoms with van der Waals surface area (Å²) < 4.78 is 39.8. The smallest absolute Gasteiger partial charge is 0.296 e. The highest BCUT2D eigenvalue weighted by molar-refractivity contribution is 8.00. The fourth-order valence-electron chi connectivity index (χ4n) is 2.67. The SMILES string of the molecule is CC(C)(C)c1ccc(C(=O)Nc2nnc(SCc3ccccc3C(F)(F)F)s2)cc1. The van der Waals surface area contributed by atoms with Gasteiger partial charge in [-0.1, -0.05) is 74.2 Å². The Morgan fingerprint density at radius 3 is 2.33 bits per heavy atom. The van der Waals surface area contributed by atoms with Gasteiger partial charge in [0, 0.05) is 11.3 Å². The molecule has 1 N–H and O–H groups in total. The number of aromatic nitrogens is 2. The molecule has 0 spiro atoms. The van der Waals surface area contributed by atoms with E-state index in [1.807, 2.05) is 12.1 Å². The maximum Gasteiger partial charge on any atom is 0.416 e. The van der Waals surface area contributed by atoms with Gasteiger partial charge >= 0.3 is 6.18 Å². The number of carbonyl (C=O) groups excluding carboxylic acids is 1. The number of rotatable bonds is 5. The number of hydrogen-bond donors (Lipinski definition) is 1. The summed E-state index contributed by atoms with van der Waals surface area (Å²) in [7, 11) is 0. The number of alkyl halides is 3. The van der Waals surface area contributed by atoms with Crippen molar-refractivity contribution in [2.45, 2.75) is 42.5 Å².